The number of ether oxygens (including phenoxy) is 4. The first-order chi connectivity index (χ1) is 16.7. The number of nitrogens with zero attached hydrogens (tertiary/aromatic N) is 1. The summed E-state index contributed by atoms with van der Waals surface area (Å²) in [6.07, 6.45) is 0.529. The van der Waals surface area contributed by atoms with Gasteiger partial charge in [-0.3, -0.25) is 9.69 Å². The van der Waals surface area contributed by atoms with Crippen molar-refractivity contribution in [3.63, 3.8) is 0 Å². The Bertz CT molecular complexity index is 1010. The molecule has 1 N–H and O–H groups in total. The third-order valence-corrected chi connectivity index (χ3v) is 5.43. The highest BCUT2D eigenvalue weighted by molar-refractivity contribution is 6.15. The van der Waals surface area contributed by atoms with Gasteiger partial charge in [0.2, 0.25) is 5.91 Å². The summed E-state index contributed by atoms with van der Waals surface area (Å²) in [6, 6.07) is 8.01. The van der Waals surface area contributed by atoms with E-state index < -0.39 is 47.4 Å². The van der Waals surface area contributed by atoms with Gasteiger partial charge >= 0.3 is 18.0 Å². The average molecular weight is 503 g/mol. The van der Waals surface area contributed by atoms with E-state index >= 15 is 0 Å². The van der Waals surface area contributed by atoms with Crippen molar-refractivity contribution in [2.45, 2.75) is 84.1 Å². The molecule has 2 saturated heterocycles. The molecule has 2 heterocycles. The van der Waals surface area contributed by atoms with Crippen molar-refractivity contribution >= 4 is 23.9 Å². The zero-order valence-electron chi connectivity index (χ0n) is 21.5. The van der Waals surface area contributed by atoms with Crippen LogP contribution in [-0.4, -0.2) is 65.0 Å². The van der Waals surface area contributed by atoms with E-state index in [1.807, 2.05) is 30.3 Å². The van der Waals surface area contributed by atoms with E-state index in [-0.39, 0.29) is 24.6 Å². The number of carbonyl (C=O) groups is 4. The summed E-state index contributed by atoms with van der Waals surface area (Å²) in [4.78, 5) is 51.8. The van der Waals surface area contributed by atoms with Crippen molar-refractivity contribution < 1.29 is 38.1 Å². The average Bonchev–Trinajstić information content (AvgIpc) is 3.19. The summed E-state index contributed by atoms with van der Waals surface area (Å²) in [5, 5.41) is 2.74. The van der Waals surface area contributed by atoms with Crippen LogP contribution in [0.3, 0.4) is 0 Å². The van der Waals surface area contributed by atoms with Crippen LogP contribution in [-0.2, 0) is 39.9 Å². The molecule has 1 aromatic rings. The zero-order valence-corrected chi connectivity index (χ0v) is 21.5. The maximum Gasteiger partial charge on any atom is 0.411 e. The van der Waals surface area contributed by atoms with Gasteiger partial charge in [0.15, 0.2) is 0 Å². The summed E-state index contributed by atoms with van der Waals surface area (Å²) < 4.78 is 21.7. The van der Waals surface area contributed by atoms with Crippen LogP contribution in [0.15, 0.2) is 42.0 Å². The molecule has 0 aliphatic carbocycles. The van der Waals surface area contributed by atoms with Gasteiger partial charge in [-0.05, 0) is 39.3 Å². The number of nitrogens with one attached hydrogen (secondary N) is 1. The highest BCUT2D eigenvalue weighted by Gasteiger charge is 2.43. The second-order valence-electron chi connectivity index (χ2n) is 10.4. The molecule has 3 rings (SSSR count). The predicted molar refractivity (Wildman–Crippen MR) is 128 cm³/mol. The third-order valence-electron chi connectivity index (χ3n) is 5.43. The second-order valence-corrected chi connectivity index (χ2v) is 10.4. The topological polar surface area (TPSA) is 120 Å². The van der Waals surface area contributed by atoms with E-state index in [1.165, 1.54) is 24.8 Å². The van der Waals surface area contributed by atoms with E-state index in [9.17, 15) is 19.2 Å². The van der Waals surface area contributed by atoms with Gasteiger partial charge in [0.1, 0.15) is 17.2 Å². The molecule has 1 aromatic carbocycles. The molecule has 3 atom stereocenters. The number of likely N-dealkylation sites (tertiary alicyclic amines) is 1. The summed E-state index contributed by atoms with van der Waals surface area (Å²) >= 11 is 0. The molecule has 10 heteroatoms. The molecular weight excluding hydrogens is 468 g/mol. The Kier molecular flexibility index (Phi) is 8.08. The van der Waals surface area contributed by atoms with Gasteiger partial charge in [-0.1, -0.05) is 30.3 Å². The molecular formula is C26H34N2O8. The molecule has 10 nitrogen and oxygen atoms in total. The van der Waals surface area contributed by atoms with Crippen LogP contribution >= 0.6 is 0 Å². The Labute approximate surface area is 210 Å². The van der Waals surface area contributed by atoms with Crippen molar-refractivity contribution in [3.8, 4) is 0 Å². The van der Waals surface area contributed by atoms with E-state index in [2.05, 4.69) is 5.32 Å². The number of esters is 2. The molecule has 196 valence electrons. The van der Waals surface area contributed by atoms with Gasteiger partial charge in [-0.2, -0.15) is 0 Å². The lowest BCUT2D eigenvalue weighted by atomic mass is 10.1. The summed E-state index contributed by atoms with van der Waals surface area (Å²) in [6.45, 7) is 10.3. The van der Waals surface area contributed by atoms with Crippen molar-refractivity contribution in [2.75, 3.05) is 6.54 Å². The van der Waals surface area contributed by atoms with Crippen molar-refractivity contribution in [2.24, 2.45) is 0 Å². The normalized spacial score (nSPS) is 22.4. The molecule has 0 unspecified atom stereocenters. The number of benzene rings is 1. The monoisotopic (exact) mass is 502 g/mol. The quantitative estimate of drug-likeness (QED) is 0.358. The predicted octanol–water partition coefficient (Wildman–Crippen LogP) is 2.85. The van der Waals surface area contributed by atoms with Crippen LogP contribution in [0.1, 0.15) is 53.5 Å². The highest BCUT2D eigenvalue weighted by atomic mass is 16.7. The lowest BCUT2D eigenvalue weighted by Gasteiger charge is -2.30. The van der Waals surface area contributed by atoms with E-state index in [0.29, 0.717) is 6.61 Å². The van der Waals surface area contributed by atoms with Crippen LogP contribution < -0.4 is 5.32 Å². The number of carbonyl (C=O) groups excluding carboxylic acids is 4. The minimum absolute atomic E-state index is 0.184. The summed E-state index contributed by atoms with van der Waals surface area (Å²) in [5.74, 6) is -3.48. The van der Waals surface area contributed by atoms with Crippen LogP contribution in [0.2, 0.25) is 0 Å². The largest absolute Gasteiger partial charge is 0.444 e. The fourth-order valence-corrected chi connectivity index (χ4v) is 3.89. The summed E-state index contributed by atoms with van der Waals surface area (Å²) in [5.41, 5.74) is -0.0700. The Morgan fingerprint density at radius 2 is 1.78 bits per heavy atom. The highest BCUT2D eigenvalue weighted by Crippen LogP contribution is 2.25. The van der Waals surface area contributed by atoms with Gasteiger partial charge in [0.25, 0.3) is 5.79 Å². The van der Waals surface area contributed by atoms with Crippen LogP contribution in [0.4, 0.5) is 4.79 Å². The van der Waals surface area contributed by atoms with Crippen molar-refractivity contribution in [1.82, 2.24) is 10.2 Å². The molecule has 0 radical (unpaired) electrons. The van der Waals surface area contributed by atoms with Crippen LogP contribution in [0.25, 0.3) is 0 Å². The lowest BCUT2D eigenvalue weighted by molar-refractivity contribution is -0.222. The fourth-order valence-electron chi connectivity index (χ4n) is 3.89. The SMILES string of the molecule is C[C@@H](C=C1C(=O)OC(C)(C)OC1=O)NC(=O)[C@@H]1C[C@@H](OCc2ccccc2)CN1C(=O)OC(C)(C)C. The van der Waals surface area contributed by atoms with Gasteiger partial charge in [0, 0.05) is 26.3 Å². The maximum absolute atomic E-state index is 13.2. The molecule has 0 aromatic heterocycles. The van der Waals surface area contributed by atoms with Gasteiger partial charge in [0.05, 0.1) is 19.3 Å². The smallest absolute Gasteiger partial charge is 0.411 e. The Morgan fingerprint density at radius 1 is 1.17 bits per heavy atom. The van der Waals surface area contributed by atoms with E-state index in [0.717, 1.165) is 5.56 Å². The molecule has 2 fully saturated rings. The van der Waals surface area contributed by atoms with Gasteiger partial charge in [-0.15, -0.1) is 0 Å². The van der Waals surface area contributed by atoms with Crippen molar-refractivity contribution in [3.05, 3.63) is 47.5 Å². The molecule has 0 spiro atoms. The number of rotatable bonds is 6. The first kappa shape index (κ1) is 27.2. The first-order valence-corrected chi connectivity index (χ1v) is 11.9. The minimum atomic E-state index is -1.36. The first-order valence-electron chi connectivity index (χ1n) is 11.9. The number of hydrogen-bond acceptors (Lipinski definition) is 8. The number of amides is 2. The van der Waals surface area contributed by atoms with Gasteiger partial charge < -0.3 is 24.3 Å². The molecule has 2 aliphatic rings. The van der Waals surface area contributed by atoms with E-state index in [4.69, 9.17) is 18.9 Å². The molecule has 2 amide bonds. The molecule has 0 saturated carbocycles. The van der Waals surface area contributed by atoms with Crippen LogP contribution in [0, 0.1) is 0 Å². The minimum Gasteiger partial charge on any atom is -0.444 e. The Balaban J connectivity index is 1.70. The third kappa shape index (κ3) is 7.30. The molecule has 36 heavy (non-hydrogen) atoms. The van der Waals surface area contributed by atoms with E-state index in [1.54, 1.807) is 27.7 Å². The Morgan fingerprint density at radius 3 is 2.36 bits per heavy atom. The van der Waals surface area contributed by atoms with Gasteiger partial charge in [-0.25, -0.2) is 14.4 Å². The standard InChI is InChI=1S/C26H34N2O8/c1-16(12-19-22(30)34-26(5,6)35-23(19)31)27-21(29)20-13-18(33-15-17-10-8-7-9-11-17)14-28(20)24(32)36-25(2,3)4/h7-12,16,18,20H,13-15H2,1-6H3,(H,27,29)/t16-,18+,20-/m0/s1. The second kappa shape index (κ2) is 10.7. The lowest BCUT2D eigenvalue weighted by Crippen LogP contribution is -2.49. The fraction of sp³-hybridized carbons (Fsp3) is 0.538. The van der Waals surface area contributed by atoms with Crippen LogP contribution in [0.5, 0.6) is 0 Å². The number of hydrogen-bond donors (Lipinski definition) is 1. The van der Waals surface area contributed by atoms with Crippen molar-refractivity contribution in [1.29, 1.82) is 0 Å². The number of cyclic esters (lactones) is 2. The maximum atomic E-state index is 13.2. The zero-order chi connectivity index (χ0) is 26.7. The Hall–Kier alpha value is -3.40. The summed E-state index contributed by atoms with van der Waals surface area (Å²) in [7, 11) is 0. The molecule has 0 bridgehead atoms. The molecule has 2 aliphatic heterocycles.